The van der Waals surface area contributed by atoms with Gasteiger partial charge in [-0.3, -0.25) is 14.5 Å². The molecule has 0 aliphatic carbocycles. The van der Waals surface area contributed by atoms with Gasteiger partial charge in [-0.1, -0.05) is 67.6 Å². The number of fused-ring (bicyclic) bond motifs is 4. The van der Waals surface area contributed by atoms with E-state index in [4.69, 9.17) is 0 Å². The smallest absolute Gasteiger partial charge is 0.332 e. The third kappa shape index (κ3) is 3.61. The summed E-state index contributed by atoms with van der Waals surface area (Å²) >= 11 is 0. The SMILES string of the molecule is CC[C@@H](C)NC(=O)c1ccccc1N1C(=O)[C@@H]2Cc3c([nH]c4ccccc34)[C@H](c3ccccc3)N2C1=O. The van der Waals surface area contributed by atoms with E-state index in [-0.39, 0.29) is 17.9 Å². The molecule has 1 aromatic heterocycles. The summed E-state index contributed by atoms with van der Waals surface area (Å²) in [7, 11) is 0. The Kier molecular flexibility index (Phi) is 5.56. The number of carbonyl (C=O) groups excluding carboxylic acids is 3. The fourth-order valence-corrected chi connectivity index (χ4v) is 5.54. The van der Waals surface area contributed by atoms with Gasteiger partial charge in [-0.05, 0) is 42.7 Å². The molecule has 4 aromatic rings. The van der Waals surface area contributed by atoms with Crippen LogP contribution in [0.3, 0.4) is 0 Å². The first-order chi connectivity index (χ1) is 18.0. The monoisotopic (exact) mass is 492 g/mol. The summed E-state index contributed by atoms with van der Waals surface area (Å²) in [5.74, 6) is -0.614. The van der Waals surface area contributed by atoms with Crippen molar-refractivity contribution in [2.24, 2.45) is 0 Å². The van der Waals surface area contributed by atoms with Gasteiger partial charge in [-0.2, -0.15) is 0 Å². The number of aromatic nitrogens is 1. The molecule has 0 saturated carbocycles. The number of anilines is 1. The van der Waals surface area contributed by atoms with Crippen LogP contribution in [0.1, 0.15) is 53.5 Å². The molecule has 3 heterocycles. The van der Waals surface area contributed by atoms with Crippen molar-refractivity contribution in [3.8, 4) is 0 Å². The number of nitrogens with zero attached hydrogens (tertiary/aromatic N) is 2. The molecular formula is C30H28N4O3. The van der Waals surface area contributed by atoms with Crippen molar-refractivity contribution in [1.82, 2.24) is 15.2 Å². The van der Waals surface area contributed by atoms with Gasteiger partial charge in [0.1, 0.15) is 12.1 Å². The molecule has 37 heavy (non-hydrogen) atoms. The average Bonchev–Trinajstić information content (AvgIpc) is 3.42. The maximum absolute atomic E-state index is 14.1. The Bertz CT molecular complexity index is 1530. The van der Waals surface area contributed by atoms with Crippen molar-refractivity contribution in [1.29, 1.82) is 0 Å². The minimum atomic E-state index is -0.671. The molecule has 2 N–H and O–H groups in total. The largest absolute Gasteiger partial charge is 0.356 e. The molecule has 0 bridgehead atoms. The number of urea groups is 1. The van der Waals surface area contributed by atoms with Crippen molar-refractivity contribution in [2.75, 3.05) is 4.90 Å². The first kappa shape index (κ1) is 23.0. The van der Waals surface area contributed by atoms with Crippen LogP contribution in [0.4, 0.5) is 10.5 Å². The van der Waals surface area contributed by atoms with Gasteiger partial charge in [0, 0.05) is 29.1 Å². The molecule has 3 atom stereocenters. The molecule has 186 valence electrons. The Labute approximate surface area is 215 Å². The third-order valence-corrected chi connectivity index (χ3v) is 7.54. The summed E-state index contributed by atoms with van der Waals surface area (Å²) in [4.78, 5) is 47.6. The average molecular weight is 493 g/mol. The van der Waals surface area contributed by atoms with Gasteiger partial charge in [0.15, 0.2) is 0 Å². The number of benzene rings is 3. The second kappa shape index (κ2) is 8.92. The number of carbonyl (C=O) groups is 3. The molecule has 1 saturated heterocycles. The number of nitrogens with one attached hydrogen (secondary N) is 2. The van der Waals surface area contributed by atoms with Crippen LogP contribution in [-0.2, 0) is 11.2 Å². The van der Waals surface area contributed by atoms with Gasteiger partial charge < -0.3 is 10.3 Å². The van der Waals surface area contributed by atoms with E-state index in [2.05, 4.69) is 16.4 Å². The molecule has 4 amide bonds. The number of rotatable bonds is 5. The van der Waals surface area contributed by atoms with E-state index in [1.54, 1.807) is 29.2 Å². The fraction of sp³-hybridized carbons (Fsp3) is 0.233. The summed E-state index contributed by atoms with van der Waals surface area (Å²) < 4.78 is 0. The van der Waals surface area contributed by atoms with Gasteiger partial charge in [0.25, 0.3) is 11.8 Å². The molecule has 3 aromatic carbocycles. The number of hydrogen-bond acceptors (Lipinski definition) is 3. The first-order valence-corrected chi connectivity index (χ1v) is 12.7. The zero-order valence-electron chi connectivity index (χ0n) is 20.8. The minimum absolute atomic E-state index is 0.0300. The van der Waals surface area contributed by atoms with Crippen LogP contribution in [0.2, 0.25) is 0 Å². The van der Waals surface area contributed by atoms with Gasteiger partial charge in [-0.15, -0.1) is 0 Å². The van der Waals surface area contributed by atoms with Crippen LogP contribution in [0.5, 0.6) is 0 Å². The van der Waals surface area contributed by atoms with E-state index >= 15 is 0 Å². The maximum atomic E-state index is 14.1. The topological polar surface area (TPSA) is 85.5 Å². The second-order valence-corrected chi connectivity index (χ2v) is 9.76. The molecule has 0 radical (unpaired) electrons. The number of amides is 4. The summed E-state index contributed by atoms with van der Waals surface area (Å²) in [5.41, 5.74) is 4.51. The van der Waals surface area contributed by atoms with E-state index in [0.29, 0.717) is 17.7 Å². The molecule has 7 heteroatoms. The molecule has 2 aliphatic heterocycles. The molecular weight excluding hydrogens is 464 g/mol. The van der Waals surface area contributed by atoms with Crippen LogP contribution >= 0.6 is 0 Å². The lowest BCUT2D eigenvalue weighted by Gasteiger charge is -2.36. The maximum Gasteiger partial charge on any atom is 0.332 e. The summed E-state index contributed by atoms with van der Waals surface area (Å²) in [6, 6.07) is 23.1. The highest BCUT2D eigenvalue weighted by molar-refractivity contribution is 6.24. The van der Waals surface area contributed by atoms with Crippen molar-refractivity contribution in [2.45, 2.75) is 44.8 Å². The number of H-pyrrole nitrogens is 1. The van der Waals surface area contributed by atoms with Crippen LogP contribution in [0.25, 0.3) is 10.9 Å². The molecule has 6 rings (SSSR count). The third-order valence-electron chi connectivity index (χ3n) is 7.54. The number of para-hydroxylation sites is 2. The van der Waals surface area contributed by atoms with Gasteiger partial charge in [0.05, 0.1) is 11.3 Å². The Morgan fingerprint density at radius 3 is 2.49 bits per heavy atom. The first-order valence-electron chi connectivity index (χ1n) is 12.7. The molecule has 2 aliphatic rings. The Morgan fingerprint density at radius 2 is 1.70 bits per heavy atom. The lowest BCUT2D eigenvalue weighted by molar-refractivity contribution is -0.120. The Balaban J connectivity index is 1.47. The molecule has 0 unspecified atom stereocenters. The van der Waals surface area contributed by atoms with E-state index < -0.39 is 18.1 Å². The predicted octanol–water partition coefficient (Wildman–Crippen LogP) is 5.18. The lowest BCUT2D eigenvalue weighted by atomic mass is 9.89. The van der Waals surface area contributed by atoms with Gasteiger partial charge in [-0.25, -0.2) is 9.69 Å². The number of hydrogen-bond donors (Lipinski definition) is 2. The fourth-order valence-electron chi connectivity index (χ4n) is 5.54. The highest BCUT2D eigenvalue weighted by Gasteiger charge is 2.53. The second-order valence-electron chi connectivity index (χ2n) is 9.76. The van der Waals surface area contributed by atoms with E-state index in [1.807, 2.05) is 62.4 Å². The zero-order valence-corrected chi connectivity index (χ0v) is 20.8. The van der Waals surface area contributed by atoms with Crippen molar-refractivity contribution < 1.29 is 14.4 Å². The van der Waals surface area contributed by atoms with Gasteiger partial charge in [0.2, 0.25) is 0 Å². The van der Waals surface area contributed by atoms with Crippen molar-refractivity contribution >= 4 is 34.4 Å². The predicted molar refractivity (Wildman–Crippen MR) is 142 cm³/mol. The highest BCUT2D eigenvalue weighted by Crippen LogP contribution is 2.45. The number of aromatic amines is 1. The van der Waals surface area contributed by atoms with Crippen molar-refractivity contribution in [3.63, 3.8) is 0 Å². The normalized spacial score (nSPS) is 19.6. The van der Waals surface area contributed by atoms with E-state index in [9.17, 15) is 14.4 Å². The summed E-state index contributed by atoms with van der Waals surface area (Å²) in [6.07, 6.45) is 1.18. The van der Waals surface area contributed by atoms with Crippen LogP contribution in [-0.4, -0.2) is 39.8 Å². The van der Waals surface area contributed by atoms with Crippen LogP contribution < -0.4 is 10.2 Å². The molecule has 0 spiro atoms. The van der Waals surface area contributed by atoms with Gasteiger partial charge >= 0.3 is 6.03 Å². The van der Waals surface area contributed by atoms with E-state index in [0.717, 1.165) is 34.1 Å². The quantitative estimate of drug-likeness (QED) is 0.377. The molecule has 7 nitrogen and oxygen atoms in total. The number of imide groups is 1. The summed E-state index contributed by atoms with van der Waals surface area (Å²) in [5, 5.41) is 4.02. The van der Waals surface area contributed by atoms with Crippen LogP contribution in [0.15, 0.2) is 78.9 Å². The standard InChI is InChI=1S/C30H28N4O3/c1-3-18(2)31-28(35)21-14-8-10-16-24(21)34-29(36)25-17-22-20-13-7-9-15-23(20)32-26(22)27(33(25)30(34)37)19-11-5-4-6-12-19/h4-16,18,25,27,32H,3,17H2,1-2H3,(H,31,35)/t18-,25+,27+/m1/s1. The Morgan fingerprint density at radius 1 is 1.00 bits per heavy atom. The summed E-state index contributed by atoms with van der Waals surface area (Å²) in [6.45, 7) is 3.92. The van der Waals surface area contributed by atoms with Crippen LogP contribution in [0, 0.1) is 0 Å². The van der Waals surface area contributed by atoms with E-state index in [1.165, 1.54) is 4.90 Å². The minimum Gasteiger partial charge on any atom is -0.356 e. The van der Waals surface area contributed by atoms with Crippen molar-refractivity contribution in [3.05, 3.63) is 101 Å². The Hall–Kier alpha value is -4.39. The lowest BCUT2D eigenvalue weighted by Crippen LogP contribution is -2.44. The highest BCUT2D eigenvalue weighted by atomic mass is 16.2. The zero-order chi connectivity index (χ0) is 25.7. The molecule has 1 fully saturated rings.